The zero-order chi connectivity index (χ0) is 21.9. The zero-order valence-electron chi connectivity index (χ0n) is 16.6. The maximum Gasteiger partial charge on any atom is 0.251 e. The first-order valence-electron chi connectivity index (χ1n) is 9.04. The molecular formula is C20H21ClN4O4S. The number of halogens is 1. The highest BCUT2D eigenvalue weighted by Gasteiger charge is 2.22. The highest BCUT2D eigenvalue weighted by molar-refractivity contribution is 7.89. The average Bonchev–Trinajstić information content (AvgIpc) is 3.13. The Balaban J connectivity index is 1.63. The van der Waals surface area contributed by atoms with Crippen LogP contribution in [0.4, 0.5) is 0 Å². The van der Waals surface area contributed by atoms with Gasteiger partial charge in [0.05, 0.1) is 11.4 Å². The van der Waals surface area contributed by atoms with E-state index in [2.05, 4.69) is 20.2 Å². The predicted octanol–water partition coefficient (Wildman–Crippen LogP) is 3.40. The van der Waals surface area contributed by atoms with Crippen LogP contribution >= 0.6 is 11.6 Å². The summed E-state index contributed by atoms with van der Waals surface area (Å²) in [6.07, 6.45) is 0. The fourth-order valence-corrected chi connectivity index (χ4v) is 4.19. The number of benzene rings is 2. The Morgan fingerprint density at radius 3 is 2.47 bits per heavy atom. The normalized spacial score (nSPS) is 12.0. The van der Waals surface area contributed by atoms with Gasteiger partial charge in [0.1, 0.15) is 0 Å². The largest absolute Gasteiger partial charge is 0.343 e. The topological polar surface area (TPSA) is 114 Å². The molecule has 0 bridgehead atoms. The van der Waals surface area contributed by atoms with Crippen LogP contribution in [0.2, 0.25) is 5.02 Å². The second-order valence-corrected chi connectivity index (χ2v) is 9.70. The van der Waals surface area contributed by atoms with Crippen molar-refractivity contribution in [2.45, 2.75) is 37.8 Å². The SMILES string of the molecule is CC(C)(C)NS(=O)(=O)c1ccc(C(=O)NCc2nc(-c3cccc(Cl)c3)no2)cc1. The van der Waals surface area contributed by atoms with Gasteiger partial charge in [-0.15, -0.1) is 0 Å². The van der Waals surface area contributed by atoms with Crippen LogP contribution in [0.15, 0.2) is 57.9 Å². The van der Waals surface area contributed by atoms with E-state index in [1.54, 1.807) is 45.0 Å². The molecule has 1 aromatic heterocycles. The van der Waals surface area contributed by atoms with Crippen LogP contribution in [0.5, 0.6) is 0 Å². The molecule has 8 nitrogen and oxygen atoms in total. The molecule has 0 saturated heterocycles. The first kappa shape index (κ1) is 21.9. The molecule has 0 fully saturated rings. The van der Waals surface area contributed by atoms with Crippen molar-refractivity contribution in [2.75, 3.05) is 0 Å². The van der Waals surface area contributed by atoms with E-state index in [-0.39, 0.29) is 17.3 Å². The van der Waals surface area contributed by atoms with Crippen LogP contribution in [0.25, 0.3) is 11.4 Å². The van der Waals surface area contributed by atoms with E-state index in [9.17, 15) is 13.2 Å². The summed E-state index contributed by atoms with van der Waals surface area (Å²) in [6, 6.07) is 12.7. The van der Waals surface area contributed by atoms with E-state index in [1.165, 1.54) is 24.3 Å². The molecule has 2 N–H and O–H groups in total. The average molecular weight is 449 g/mol. The summed E-state index contributed by atoms with van der Waals surface area (Å²) in [5.74, 6) is 0.194. The monoisotopic (exact) mass is 448 g/mol. The molecule has 3 rings (SSSR count). The lowest BCUT2D eigenvalue weighted by Gasteiger charge is -2.20. The number of nitrogens with one attached hydrogen (secondary N) is 2. The highest BCUT2D eigenvalue weighted by atomic mass is 35.5. The van der Waals surface area contributed by atoms with E-state index < -0.39 is 21.5 Å². The zero-order valence-corrected chi connectivity index (χ0v) is 18.2. The van der Waals surface area contributed by atoms with Gasteiger partial charge in [0.25, 0.3) is 5.91 Å². The van der Waals surface area contributed by atoms with Gasteiger partial charge in [-0.05, 0) is 57.2 Å². The van der Waals surface area contributed by atoms with Gasteiger partial charge in [-0.2, -0.15) is 4.98 Å². The second kappa shape index (κ2) is 8.55. The summed E-state index contributed by atoms with van der Waals surface area (Å²) in [7, 11) is -3.67. The Morgan fingerprint density at radius 2 is 1.83 bits per heavy atom. The Labute approximate surface area is 179 Å². The van der Waals surface area contributed by atoms with Crippen molar-refractivity contribution >= 4 is 27.5 Å². The summed E-state index contributed by atoms with van der Waals surface area (Å²) in [5, 5.41) is 7.09. The number of rotatable bonds is 6. The minimum atomic E-state index is -3.67. The number of hydrogen-bond donors (Lipinski definition) is 2. The molecule has 3 aromatic rings. The fraction of sp³-hybridized carbons (Fsp3) is 0.250. The molecule has 0 saturated carbocycles. The summed E-state index contributed by atoms with van der Waals surface area (Å²) in [6.45, 7) is 5.28. The number of aromatic nitrogens is 2. The number of carbonyl (C=O) groups is 1. The molecule has 1 heterocycles. The Hall–Kier alpha value is -2.75. The summed E-state index contributed by atoms with van der Waals surface area (Å²) in [5.41, 5.74) is 0.395. The van der Waals surface area contributed by atoms with Crippen molar-refractivity contribution < 1.29 is 17.7 Å². The van der Waals surface area contributed by atoms with E-state index in [0.29, 0.717) is 22.0 Å². The van der Waals surface area contributed by atoms with Gasteiger partial charge >= 0.3 is 0 Å². The molecule has 0 aliphatic heterocycles. The lowest BCUT2D eigenvalue weighted by atomic mass is 10.1. The third kappa shape index (κ3) is 5.65. The van der Waals surface area contributed by atoms with Crippen molar-refractivity contribution in [1.82, 2.24) is 20.2 Å². The fourth-order valence-electron chi connectivity index (χ4n) is 2.58. The molecule has 0 aliphatic rings. The van der Waals surface area contributed by atoms with E-state index in [1.807, 2.05) is 0 Å². The molecule has 0 atom stereocenters. The molecular weight excluding hydrogens is 428 g/mol. The van der Waals surface area contributed by atoms with Crippen LogP contribution in [0.1, 0.15) is 37.0 Å². The van der Waals surface area contributed by atoms with E-state index >= 15 is 0 Å². The maximum atomic E-state index is 12.3. The summed E-state index contributed by atoms with van der Waals surface area (Å²) >= 11 is 5.96. The van der Waals surface area contributed by atoms with E-state index in [4.69, 9.17) is 16.1 Å². The predicted molar refractivity (Wildman–Crippen MR) is 112 cm³/mol. The van der Waals surface area contributed by atoms with Crippen molar-refractivity contribution in [3.05, 3.63) is 65.0 Å². The quantitative estimate of drug-likeness (QED) is 0.597. The van der Waals surface area contributed by atoms with Gasteiger partial charge in [0.2, 0.25) is 21.7 Å². The smallest absolute Gasteiger partial charge is 0.251 e. The number of amides is 1. The van der Waals surface area contributed by atoms with E-state index in [0.717, 1.165) is 0 Å². The molecule has 0 unspecified atom stereocenters. The Bertz CT molecular complexity index is 1150. The van der Waals surface area contributed by atoms with Crippen LogP contribution in [0, 0.1) is 0 Å². The first-order valence-corrected chi connectivity index (χ1v) is 10.9. The van der Waals surface area contributed by atoms with Gasteiger partial charge in [0.15, 0.2) is 0 Å². The third-order valence-electron chi connectivity index (χ3n) is 3.82. The van der Waals surface area contributed by atoms with Crippen molar-refractivity contribution in [2.24, 2.45) is 0 Å². The van der Waals surface area contributed by atoms with Crippen molar-refractivity contribution in [3.63, 3.8) is 0 Å². The molecule has 0 radical (unpaired) electrons. The highest BCUT2D eigenvalue weighted by Crippen LogP contribution is 2.20. The Kier molecular flexibility index (Phi) is 6.25. The van der Waals surface area contributed by atoms with Crippen LogP contribution < -0.4 is 10.0 Å². The lowest BCUT2D eigenvalue weighted by molar-refractivity contribution is 0.0946. The van der Waals surface area contributed by atoms with Gasteiger partial charge in [-0.3, -0.25) is 4.79 Å². The van der Waals surface area contributed by atoms with Crippen LogP contribution in [-0.2, 0) is 16.6 Å². The van der Waals surface area contributed by atoms with Crippen molar-refractivity contribution in [1.29, 1.82) is 0 Å². The number of nitrogens with zero attached hydrogens (tertiary/aromatic N) is 2. The van der Waals surface area contributed by atoms with Crippen LogP contribution in [-0.4, -0.2) is 30.0 Å². The molecule has 158 valence electrons. The molecule has 0 spiro atoms. The van der Waals surface area contributed by atoms with Gasteiger partial charge < -0.3 is 9.84 Å². The number of carbonyl (C=O) groups excluding carboxylic acids is 1. The first-order chi connectivity index (χ1) is 14.0. The standard InChI is InChI=1S/C20H21ClN4O4S/c1-20(2,3)25-30(27,28)16-9-7-13(8-10-16)19(26)22-12-17-23-18(24-29-17)14-5-4-6-15(21)11-14/h4-11,25H,12H2,1-3H3,(H,22,26). The van der Waals surface area contributed by atoms with Gasteiger partial charge in [-0.1, -0.05) is 28.9 Å². The minimum Gasteiger partial charge on any atom is -0.343 e. The van der Waals surface area contributed by atoms with Crippen molar-refractivity contribution in [3.8, 4) is 11.4 Å². The van der Waals surface area contributed by atoms with Gasteiger partial charge in [0, 0.05) is 21.7 Å². The minimum absolute atomic E-state index is 0.0258. The molecule has 30 heavy (non-hydrogen) atoms. The molecule has 10 heteroatoms. The number of hydrogen-bond acceptors (Lipinski definition) is 6. The maximum absolute atomic E-state index is 12.3. The van der Waals surface area contributed by atoms with Gasteiger partial charge in [-0.25, -0.2) is 13.1 Å². The number of sulfonamides is 1. The third-order valence-corrected chi connectivity index (χ3v) is 5.83. The lowest BCUT2D eigenvalue weighted by Crippen LogP contribution is -2.40. The molecule has 2 aromatic carbocycles. The van der Waals surface area contributed by atoms with Crippen LogP contribution in [0.3, 0.4) is 0 Å². The summed E-state index contributed by atoms with van der Waals surface area (Å²) in [4.78, 5) is 16.7. The molecule has 1 amide bonds. The molecule has 0 aliphatic carbocycles. The Morgan fingerprint density at radius 1 is 1.13 bits per heavy atom. The summed E-state index contributed by atoms with van der Waals surface area (Å²) < 4.78 is 32.4. The second-order valence-electron chi connectivity index (χ2n) is 7.58.